The lowest BCUT2D eigenvalue weighted by Crippen LogP contribution is -2.46. The number of carbonyl (C=O) groups excluding carboxylic acids is 1. The minimum atomic E-state index is -0.781. The summed E-state index contributed by atoms with van der Waals surface area (Å²) < 4.78 is 5.40. The number of benzene rings is 1. The summed E-state index contributed by atoms with van der Waals surface area (Å²) in [6.45, 7) is 0. The van der Waals surface area contributed by atoms with Crippen molar-refractivity contribution in [1.82, 2.24) is 0 Å². The quantitative estimate of drug-likeness (QED) is 0.466. The Hall–Kier alpha value is -1.55. The smallest absolute Gasteiger partial charge is 0.339 e. The van der Waals surface area contributed by atoms with Crippen molar-refractivity contribution >= 4 is 11.7 Å². The van der Waals surface area contributed by atoms with Gasteiger partial charge in [0.1, 0.15) is 0 Å². The summed E-state index contributed by atoms with van der Waals surface area (Å²) in [6, 6.07) is 6.68. The molecule has 0 radical (unpaired) electrons. The van der Waals surface area contributed by atoms with Crippen molar-refractivity contribution in [2.45, 2.75) is 37.8 Å². The third kappa shape index (κ3) is 2.97. The van der Waals surface area contributed by atoms with Crippen molar-refractivity contribution in [3.05, 3.63) is 29.8 Å². The van der Waals surface area contributed by atoms with Crippen molar-refractivity contribution in [3.63, 3.8) is 0 Å². The third-order valence-electron chi connectivity index (χ3n) is 3.14. The molecule has 1 fully saturated rings. The first-order chi connectivity index (χ1) is 8.09. The Morgan fingerprint density at radius 3 is 2.29 bits per heavy atom. The Morgan fingerprint density at radius 1 is 1.12 bits per heavy atom. The van der Waals surface area contributed by atoms with Crippen LogP contribution >= 0.6 is 0 Å². The van der Waals surface area contributed by atoms with Gasteiger partial charge in [0.2, 0.25) is 0 Å². The standard InChI is InChI=1S/C13H18N2O2/c14-11-6-4-10(5-7-11)12(16)17-13(15)8-2-1-3-9-13/h4-7H,1-3,8-9,14-15H2. The molecule has 0 atom stereocenters. The van der Waals surface area contributed by atoms with E-state index in [1.807, 2.05) is 0 Å². The summed E-state index contributed by atoms with van der Waals surface area (Å²) in [6.07, 6.45) is 4.69. The zero-order valence-corrected chi connectivity index (χ0v) is 9.82. The van der Waals surface area contributed by atoms with Crippen molar-refractivity contribution in [3.8, 4) is 0 Å². The molecule has 2 rings (SSSR count). The molecule has 4 N–H and O–H groups in total. The van der Waals surface area contributed by atoms with Crippen molar-refractivity contribution in [2.24, 2.45) is 5.73 Å². The highest BCUT2D eigenvalue weighted by Crippen LogP contribution is 2.27. The molecule has 92 valence electrons. The summed E-state index contributed by atoms with van der Waals surface area (Å²) in [5.41, 5.74) is 12.0. The van der Waals surface area contributed by atoms with Crippen LogP contribution in [0.5, 0.6) is 0 Å². The Labute approximate surface area is 101 Å². The average Bonchev–Trinajstić information content (AvgIpc) is 2.30. The van der Waals surface area contributed by atoms with Crippen LogP contribution in [0.1, 0.15) is 42.5 Å². The van der Waals surface area contributed by atoms with Crippen LogP contribution in [0, 0.1) is 0 Å². The van der Waals surface area contributed by atoms with E-state index in [2.05, 4.69) is 0 Å². The van der Waals surface area contributed by atoms with Crippen LogP contribution in [0.25, 0.3) is 0 Å². The Balaban J connectivity index is 2.03. The number of carbonyl (C=O) groups is 1. The van der Waals surface area contributed by atoms with E-state index in [0.717, 1.165) is 25.7 Å². The van der Waals surface area contributed by atoms with Crippen LogP contribution in [0.3, 0.4) is 0 Å². The summed E-state index contributed by atoms with van der Waals surface area (Å²) in [4.78, 5) is 11.9. The zero-order valence-electron chi connectivity index (χ0n) is 9.82. The van der Waals surface area contributed by atoms with Crippen LogP contribution in [0.2, 0.25) is 0 Å². The molecular weight excluding hydrogens is 216 g/mol. The van der Waals surface area contributed by atoms with Crippen molar-refractivity contribution in [2.75, 3.05) is 5.73 Å². The average molecular weight is 234 g/mol. The van der Waals surface area contributed by atoms with Gasteiger partial charge < -0.3 is 10.5 Å². The maximum Gasteiger partial charge on any atom is 0.339 e. The van der Waals surface area contributed by atoms with Gasteiger partial charge in [-0.05, 0) is 37.1 Å². The maximum absolute atomic E-state index is 11.9. The fourth-order valence-electron chi connectivity index (χ4n) is 2.12. The summed E-state index contributed by atoms with van der Waals surface area (Å²) >= 11 is 0. The fourth-order valence-corrected chi connectivity index (χ4v) is 2.12. The summed E-state index contributed by atoms with van der Waals surface area (Å²) in [5, 5.41) is 0. The predicted octanol–water partition coefficient (Wildman–Crippen LogP) is 2.04. The van der Waals surface area contributed by atoms with Crippen molar-refractivity contribution < 1.29 is 9.53 Å². The van der Waals surface area contributed by atoms with Crippen LogP contribution in [0.15, 0.2) is 24.3 Å². The number of anilines is 1. The van der Waals surface area contributed by atoms with Gasteiger partial charge in [0.15, 0.2) is 5.72 Å². The molecule has 17 heavy (non-hydrogen) atoms. The first-order valence-corrected chi connectivity index (χ1v) is 5.97. The van der Waals surface area contributed by atoms with Gasteiger partial charge in [-0.25, -0.2) is 4.79 Å². The Morgan fingerprint density at radius 2 is 1.71 bits per heavy atom. The second-order valence-corrected chi connectivity index (χ2v) is 4.64. The lowest BCUT2D eigenvalue weighted by molar-refractivity contribution is -0.0340. The number of esters is 1. The van der Waals surface area contributed by atoms with E-state index in [-0.39, 0.29) is 5.97 Å². The van der Waals surface area contributed by atoms with E-state index >= 15 is 0 Å². The Kier molecular flexibility index (Phi) is 3.33. The van der Waals surface area contributed by atoms with E-state index in [9.17, 15) is 4.79 Å². The normalized spacial score (nSPS) is 18.6. The molecule has 1 aliphatic carbocycles. The topological polar surface area (TPSA) is 78.3 Å². The second-order valence-electron chi connectivity index (χ2n) is 4.64. The van der Waals surface area contributed by atoms with E-state index in [4.69, 9.17) is 16.2 Å². The largest absolute Gasteiger partial charge is 0.441 e. The fraction of sp³-hybridized carbons (Fsp3) is 0.462. The minimum absolute atomic E-state index is 0.366. The Bertz CT molecular complexity index is 394. The van der Waals surface area contributed by atoms with Gasteiger partial charge in [-0.15, -0.1) is 0 Å². The molecule has 0 bridgehead atoms. The molecule has 4 heteroatoms. The lowest BCUT2D eigenvalue weighted by atomic mass is 9.92. The minimum Gasteiger partial charge on any atom is -0.441 e. The highest BCUT2D eigenvalue weighted by molar-refractivity contribution is 5.90. The SMILES string of the molecule is Nc1ccc(C(=O)OC2(N)CCCCC2)cc1. The van der Waals surface area contributed by atoms with Gasteiger partial charge in [0.25, 0.3) is 0 Å². The first-order valence-electron chi connectivity index (χ1n) is 5.97. The number of hydrogen-bond acceptors (Lipinski definition) is 4. The summed E-state index contributed by atoms with van der Waals surface area (Å²) in [7, 11) is 0. The monoisotopic (exact) mass is 234 g/mol. The van der Waals surface area contributed by atoms with E-state index < -0.39 is 5.72 Å². The second kappa shape index (κ2) is 4.75. The molecule has 1 saturated carbocycles. The van der Waals surface area contributed by atoms with Gasteiger partial charge in [-0.2, -0.15) is 0 Å². The highest BCUT2D eigenvalue weighted by Gasteiger charge is 2.31. The van der Waals surface area contributed by atoms with Crippen LogP contribution in [0.4, 0.5) is 5.69 Å². The van der Waals surface area contributed by atoms with Crippen molar-refractivity contribution in [1.29, 1.82) is 0 Å². The summed E-state index contributed by atoms with van der Waals surface area (Å²) in [5.74, 6) is -0.366. The molecule has 1 aromatic carbocycles. The molecule has 0 saturated heterocycles. The molecule has 0 amide bonds. The van der Waals surface area contributed by atoms with Crippen LogP contribution in [-0.2, 0) is 4.74 Å². The molecule has 0 aromatic heterocycles. The number of hydrogen-bond donors (Lipinski definition) is 2. The molecular formula is C13H18N2O2. The van der Waals surface area contributed by atoms with E-state index in [0.29, 0.717) is 11.3 Å². The van der Waals surface area contributed by atoms with Crippen LogP contribution < -0.4 is 11.5 Å². The van der Waals surface area contributed by atoms with Gasteiger partial charge in [-0.3, -0.25) is 5.73 Å². The molecule has 1 aliphatic rings. The first kappa shape index (κ1) is 11.9. The third-order valence-corrected chi connectivity index (χ3v) is 3.14. The van der Waals surface area contributed by atoms with E-state index in [1.165, 1.54) is 6.42 Å². The highest BCUT2D eigenvalue weighted by atomic mass is 16.6. The number of rotatable bonds is 2. The van der Waals surface area contributed by atoms with Gasteiger partial charge in [-0.1, -0.05) is 6.42 Å². The zero-order chi connectivity index (χ0) is 12.3. The van der Waals surface area contributed by atoms with Gasteiger partial charge in [0.05, 0.1) is 5.56 Å². The van der Waals surface area contributed by atoms with E-state index in [1.54, 1.807) is 24.3 Å². The molecule has 0 heterocycles. The molecule has 0 unspecified atom stereocenters. The maximum atomic E-state index is 11.9. The predicted molar refractivity (Wildman–Crippen MR) is 66.3 cm³/mol. The number of nitrogens with two attached hydrogens (primary N) is 2. The number of nitrogen functional groups attached to an aromatic ring is 1. The number of ether oxygens (including phenoxy) is 1. The lowest BCUT2D eigenvalue weighted by Gasteiger charge is -2.32. The molecule has 4 nitrogen and oxygen atoms in total. The molecule has 1 aromatic rings. The van der Waals surface area contributed by atoms with Gasteiger partial charge in [0, 0.05) is 18.5 Å². The van der Waals surface area contributed by atoms with Crippen LogP contribution in [-0.4, -0.2) is 11.7 Å². The molecule has 0 aliphatic heterocycles. The van der Waals surface area contributed by atoms with Gasteiger partial charge >= 0.3 is 5.97 Å². The molecule has 0 spiro atoms.